The molecule has 3 rings (SSSR count). The summed E-state index contributed by atoms with van der Waals surface area (Å²) in [5, 5.41) is 5.45. The number of carbonyl (C=O) groups is 3. The van der Waals surface area contributed by atoms with Crippen LogP contribution in [0.1, 0.15) is 28.8 Å². The molecule has 2 N–H and O–H groups in total. The molecule has 0 unspecified atom stereocenters. The molecule has 0 aliphatic heterocycles. The average molecular weight is 352 g/mol. The number of anilines is 1. The van der Waals surface area contributed by atoms with Gasteiger partial charge in [0.1, 0.15) is 0 Å². The lowest BCUT2D eigenvalue weighted by molar-refractivity contribution is -0.148. The third kappa shape index (κ3) is 4.92. The van der Waals surface area contributed by atoms with E-state index in [0.29, 0.717) is 17.8 Å². The minimum atomic E-state index is -0.470. The van der Waals surface area contributed by atoms with Gasteiger partial charge in [-0.25, -0.2) is 0 Å². The lowest BCUT2D eigenvalue weighted by Crippen LogP contribution is -2.26. The first-order valence-electron chi connectivity index (χ1n) is 8.51. The number of para-hydroxylation sites is 1. The highest BCUT2D eigenvalue weighted by atomic mass is 16.5. The molecule has 0 saturated heterocycles. The number of nitrogens with one attached hydrogen (secondary N) is 2. The quantitative estimate of drug-likeness (QED) is 0.750. The second kappa shape index (κ2) is 8.29. The van der Waals surface area contributed by atoms with Gasteiger partial charge < -0.3 is 15.4 Å². The van der Waals surface area contributed by atoms with Crippen molar-refractivity contribution in [1.82, 2.24) is 5.32 Å². The van der Waals surface area contributed by atoms with Crippen molar-refractivity contribution in [2.75, 3.05) is 11.9 Å². The highest BCUT2D eigenvalue weighted by Gasteiger charge is 2.31. The van der Waals surface area contributed by atoms with Gasteiger partial charge in [0.05, 0.1) is 17.2 Å². The van der Waals surface area contributed by atoms with E-state index >= 15 is 0 Å². The largest absolute Gasteiger partial charge is 0.455 e. The lowest BCUT2D eigenvalue weighted by Gasteiger charge is -2.12. The van der Waals surface area contributed by atoms with Crippen LogP contribution in [0.3, 0.4) is 0 Å². The summed E-state index contributed by atoms with van der Waals surface area (Å²) in [7, 11) is 0. The molecule has 1 fully saturated rings. The number of ether oxygens (including phenoxy) is 1. The zero-order valence-electron chi connectivity index (χ0n) is 14.2. The summed E-state index contributed by atoms with van der Waals surface area (Å²) in [6, 6.07) is 16.3. The summed E-state index contributed by atoms with van der Waals surface area (Å²) in [5.74, 6) is -1.16. The molecule has 0 radical (unpaired) electrons. The predicted molar refractivity (Wildman–Crippen MR) is 96.4 cm³/mol. The van der Waals surface area contributed by atoms with Gasteiger partial charge in [-0.1, -0.05) is 42.5 Å². The van der Waals surface area contributed by atoms with Crippen LogP contribution in [0.15, 0.2) is 54.6 Å². The standard InChI is InChI=1S/C20H20N2O4/c23-18(13-26-20(25)15-10-11-15)22-17-9-5-4-8-16(17)19(24)21-12-14-6-2-1-3-7-14/h1-9,15H,10-13H2,(H,21,24)(H,22,23). The Kier molecular flexibility index (Phi) is 5.63. The number of amides is 2. The summed E-state index contributed by atoms with van der Waals surface area (Å²) in [6.07, 6.45) is 1.65. The molecule has 2 aromatic rings. The Bertz CT molecular complexity index is 800. The molecule has 1 aliphatic carbocycles. The number of hydrogen-bond donors (Lipinski definition) is 2. The SMILES string of the molecule is O=C(COC(=O)C1CC1)Nc1ccccc1C(=O)NCc1ccccc1. The minimum Gasteiger partial charge on any atom is -0.455 e. The topological polar surface area (TPSA) is 84.5 Å². The van der Waals surface area contributed by atoms with E-state index < -0.39 is 5.91 Å². The first-order chi connectivity index (χ1) is 12.6. The van der Waals surface area contributed by atoms with E-state index in [1.54, 1.807) is 24.3 Å². The van der Waals surface area contributed by atoms with Crippen LogP contribution in [0, 0.1) is 5.92 Å². The van der Waals surface area contributed by atoms with Crippen molar-refractivity contribution in [1.29, 1.82) is 0 Å². The van der Waals surface area contributed by atoms with Crippen LogP contribution in [-0.2, 0) is 20.9 Å². The van der Waals surface area contributed by atoms with Crippen LogP contribution in [0.2, 0.25) is 0 Å². The normalized spacial score (nSPS) is 12.9. The van der Waals surface area contributed by atoms with Crippen LogP contribution < -0.4 is 10.6 Å². The molecular formula is C20H20N2O4. The van der Waals surface area contributed by atoms with E-state index in [9.17, 15) is 14.4 Å². The molecule has 6 nitrogen and oxygen atoms in total. The Balaban J connectivity index is 1.57. The van der Waals surface area contributed by atoms with Crippen molar-refractivity contribution in [2.24, 2.45) is 5.92 Å². The van der Waals surface area contributed by atoms with E-state index in [-0.39, 0.29) is 24.4 Å². The summed E-state index contributed by atoms with van der Waals surface area (Å²) < 4.78 is 4.95. The van der Waals surface area contributed by atoms with Gasteiger partial charge in [-0.05, 0) is 30.5 Å². The number of benzene rings is 2. The molecule has 134 valence electrons. The number of carbonyl (C=O) groups excluding carboxylic acids is 3. The lowest BCUT2D eigenvalue weighted by atomic mass is 10.1. The third-order valence-corrected chi connectivity index (χ3v) is 4.00. The van der Waals surface area contributed by atoms with Crippen molar-refractivity contribution in [2.45, 2.75) is 19.4 Å². The average Bonchev–Trinajstić information content (AvgIpc) is 3.51. The molecule has 0 spiro atoms. The maximum absolute atomic E-state index is 12.4. The second-order valence-electron chi connectivity index (χ2n) is 6.14. The molecule has 0 aromatic heterocycles. The summed E-state index contributed by atoms with van der Waals surface area (Å²) in [6.45, 7) is 0.0380. The maximum atomic E-state index is 12.4. The van der Waals surface area contributed by atoms with Gasteiger partial charge in [0.2, 0.25) is 0 Å². The van der Waals surface area contributed by atoms with Crippen molar-refractivity contribution < 1.29 is 19.1 Å². The molecular weight excluding hydrogens is 332 g/mol. The molecule has 2 aromatic carbocycles. The Morgan fingerprint density at radius 1 is 0.962 bits per heavy atom. The van der Waals surface area contributed by atoms with Crippen LogP contribution in [0.25, 0.3) is 0 Å². The zero-order valence-corrected chi connectivity index (χ0v) is 14.2. The smallest absolute Gasteiger partial charge is 0.309 e. The van der Waals surface area contributed by atoms with Gasteiger partial charge in [-0.2, -0.15) is 0 Å². The zero-order chi connectivity index (χ0) is 18.4. The van der Waals surface area contributed by atoms with E-state index in [2.05, 4.69) is 10.6 Å². The molecule has 6 heteroatoms. The summed E-state index contributed by atoms with van der Waals surface area (Å²) >= 11 is 0. The van der Waals surface area contributed by atoms with Gasteiger partial charge in [-0.3, -0.25) is 14.4 Å². The Morgan fingerprint density at radius 3 is 2.38 bits per heavy atom. The maximum Gasteiger partial charge on any atom is 0.309 e. The summed E-state index contributed by atoms with van der Waals surface area (Å²) in [5.41, 5.74) is 1.71. The van der Waals surface area contributed by atoms with Crippen LogP contribution in [-0.4, -0.2) is 24.4 Å². The first kappa shape index (κ1) is 17.7. The molecule has 1 aliphatic rings. The Hall–Kier alpha value is -3.15. The fraction of sp³-hybridized carbons (Fsp3) is 0.250. The Labute approximate surface area is 151 Å². The molecule has 0 bridgehead atoms. The molecule has 0 heterocycles. The van der Waals surface area contributed by atoms with Crippen molar-refractivity contribution >= 4 is 23.5 Å². The fourth-order valence-electron chi connectivity index (χ4n) is 2.42. The highest BCUT2D eigenvalue weighted by Crippen LogP contribution is 2.30. The monoisotopic (exact) mass is 352 g/mol. The highest BCUT2D eigenvalue weighted by molar-refractivity contribution is 6.04. The molecule has 26 heavy (non-hydrogen) atoms. The van der Waals surface area contributed by atoms with Crippen molar-refractivity contribution in [3.63, 3.8) is 0 Å². The fourth-order valence-corrected chi connectivity index (χ4v) is 2.42. The van der Waals surface area contributed by atoms with Crippen molar-refractivity contribution in [3.8, 4) is 0 Å². The van der Waals surface area contributed by atoms with Gasteiger partial charge in [-0.15, -0.1) is 0 Å². The Morgan fingerprint density at radius 2 is 1.65 bits per heavy atom. The number of rotatable bonds is 7. The predicted octanol–water partition coefficient (Wildman–Crippen LogP) is 2.51. The third-order valence-electron chi connectivity index (χ3n) is 4.00. The van der Waals surface area contributed by atoms with Crippen LogP contribution in [0.4, 0.5) is 5.69 Å². The van der Waals surface area contributed by atoms with E-state index in [1.165, 1.54) is 0 Å². The van der Waals surface area contributed by atoms with Crippen LogP contribution in [0.5, 0.6) is 0 Å². The van der Waals surface area contributed by atoms with E-state index in [4.69, 9.17) is 4.74 Å². The van der Waals surface area contributed by atoms with Gasteiger partial charge in [0.25, 0.3) is 11.8 Å². The molecule has 0 atom stereocenters. The van der Waals surface area contributed by atoms with E-state index in [0.717, 1.165) is 18.4 Å². The minimum absolute atomic E-state index is 0.0566. The second-order valence-corrected chi connectivity index (χ2v) is 6.14. The number of esters is 1. The molecule has 2 amide bonds. The number of hydrogen-bond acceptors (Lipinski definition) is 4. The van der Waals surface area contributed by atoms with E-state index in [1.807, 2.05) is 30.3 Å². The first-order valence-corrected chi connectivity index (χ1v) is 8.51. The van der Waals surface area contributed by atoms with Crippen molar-refractivity contribution in [3.05, 3.63) is 65.7 Å². The van der Waals surface area contributed by atoms with Crippen LogP contribution >= 0.6 is 0 Å². The van der Waals surface area contributed by atoms with Gasteiger partial charge >= 0.3 is 5.97 Å². The van der Waals surface area contributed by atoms with Gasteiger partial charge in [0, 0.05) is 6.54 Å². The molecule has 1 saturated carbocycles. The van der Waals surface area contributed by atoms with Gasteiger partial charge in [0.15, 0.2) is 6.61 Å². The summed E-state index contributed by atoms with van der Waals surface area (Å²) in [4.78, 5) is 35.9.